The number of hydrogen-bond donors (Lipinski definition) is 0. The zero-order valence-electron chi connectivity index (χ0n) is 8.54. The molecular weight excluding hydrogens is 192 g/mol. The topological polar surface area (TPSA) is 35.5 Å². The van der Waals surface area contributed by atoms with Gasteiger partial charge in [0, 0.05) is 0 Å². The van der Waals surface area contributed by atoms with Gasteiger partial charge in [-0.15, -0.1) is 0 Å². The number of carbonyl (C=O) groups excluding carboxylic acids is 1. The average Bonchev–Trinajstić information content (AvgIpc) is 2.19. The van der Waals surface area contributed by atoms with Crippen molar-refractivity contribution in [1.29, 1.82) is 0 Å². The Morgan fingerprint density at radius 3 is 2.92 bits per heavy atom. The molecule has 3 nitrogen and oxygen atoms in total. The van der Waals surface area contributed by atoms with Crippen molar-refractivity contribution in [3.63, 3.8) is 0 Å². The maximum absolute atomic E-state index is 10.8. The second kappa shape index (κ2) is 3.26. The molecule has 1 aliphatic heterocycles. The van der Waals surface area contributed by atoms with E-state index < -0.39 is 11.3 Å². The van der Waals surface area contributed by atoms with E-state index in [1.54, 1.807) is 0 Å². The maximum Gasteiger partial charge on any atom is 0.265 e. The highest BCUT2D eigenvalue weighted by Gasteiger charge is 2.25. The number of ether oxygens (including phenoxy) is 2. The Kier molecular flexibility index (Phi) is 1.57. The van der Waals surface area contributed by atoms with Gasteiger partial charge < -0.3 is 9.47 Å². The van der Waals surface area contributed by atoms with Crippen LogP contribution in [0.2, 0.25) is 0 Å². The number of hydrogen-bond acceptors (Lipinski definition) is 3. The van der Waals surface area contributed by atoms with E-state index in [0.29, 0.717) is 5.75 Å². The Hall–Kier alpha value is -1.22. The molecule has 2 rings (SSSR count). The van der Waals surface area contributed by atoms with Crippen molar-refractivity contribution in [3.05, 3.63) is 24.2 Å². The lowest BCUT2D eigenvalue weighted by molar-refractivity contribution is -0.120. The standard InChI is InChI=1S/C9H7ClO3/c10-9(11)8-5-12-6-3-1-2-4-7(6)13-8/h1-4,8H,5H2/i1D,2D. The number of benzene rings is 1. The van der Waals surface area contributed by atoms with Crippen LogP contribution in [0.25, 0.3) is 0 Å². The van der Waals surface area contributed by atoms with E-state index in [-0.39, 0.29) is 24.4 Å². The summed E-state index contributed by atoms with van der Waals surface area (Å²) in [5, 5.41) is -0.637. The molecule has 0 saturated heterocycles. The lowest BCUT2D eigenvalue weighted by Crippen LogP contribution is -2.33. The molecule has 1 aliphatic rings. The molecular formula is C9H7ClO3. The van der Waals surface area contributed by atoms with Crippen molar-refractivity contribution < 1.29 is 17.0 Å². The van der Waals surface area contributed by atoms with Crippen LogP contribution in [0.15, 0.2) is 24.2 Å². The largest absolute Gasteiger partial charge is 0.485 e. The zero-order valence-corrected chi connectivity index (χ0v) is 7.30. The third-order valence-corrected chi connectivity index (χ3v) is 1.89. The van der Waals surface area contributed by atoms with Crippen LogP contribution >= 0.6 is 11.6 Å². The fourth-order valence-corrected chi connectivity index (χ4v) is 1.13. The second-order valence-electron chi connectivity index (χ2n) is 2.53. The molecule has 0 saturated carbocycles. The molecule has 4 heteroatoms. The average molecular weight is 201 g/mol. The van der Waals surface area contributed by atoms with Crippen LogP contribution in [-0.4, -0.2) is 18.0 Å². The van der Waals surface area contributed by atoms with Crippen molar-refractivity contribution >= 4 is 16.8 Å². The summed E-state index contributed by atoms with van der Waals surface area (Å²) in [4.78, 5) is 10.8. The molecule has 0 fully saturated rings. The van der Waals surface area contributed by atoms with E-state index in [2.05, 4.69) is 0 Å². The van der Waals surface area contributed by atoms with E-state index in [1.807, 2.05) is 0 Å². The SMILES string of the molecule is [2H]c1cc2c(cc1[2H])OC(C(=O)Cl)CO2. The van der Waals surface area contributed by atoms with Gasteiger partial charge in [-0.3, -0.25) is 4.79 Å². The van der Waals surface area contributed by atoms with Crippen molar-refractivity contribution in [1.82, 2.24) is 0 Å². The summed E-state index contributed by atoms with van der Waals surface area (Å²) in [7, 11) is 0. The lowest BCUT2D eigenvalue weighted by atomic mass is 10.3. The molecule has 1 atom stereocenters. The van der Waals surface area contributed by atoms with Gasteiger partial charge in [0.1, 0.15) is 6.61 Å². The highest BCUT2D eigenvalue weighted by Crippen LogP contribution is 2.31. The predicted molar refractivity (Wildman–Crippen MR) is 47.2 cm³/mol. The molecule has 0 aromatic heterocycles. The molecule has 1 aromatic rings. The van der Waals surface area contributed by atoms with Gasteiger partial charge in [0.2, 0.25) is 6.10 Å². The number of fused-ring (bicyclic) bond motifs is 1. The van der Waals surface area contributed by atoms with Gasteiger partial charge >= 0.3 is 0 Å². The van der Waals surface area contributed by atoms with Gasteiger partial charge in [-0.2, -0.15) is 0 Å². The normalized spacial score (nSPS) is 21.8. The monoisotopic (exact) mass is 200 g/mol. The highest BCUT2D eigenvalue weighted by molar-refractivity contribution is 6.64. The van der Waals surface area contributed by atoms with Crippen LogP contribution in [0.3, 0.4) is 0 Å². The van der Waals surface area contributed by atoms with E-state index >= 15 is 0 Å². The second-order valence-corrected chi connectivity index (χ2v) is 2.90. The molecule has 1 unspecified atom stereocenters. The fraction of sp³-hybridized carbons (Fsp3) is 0.222. The molecule has 0 aliphatic carbocycles. The van der Waals surface area contributed by atoms with Gasteiger partial charge in [0.15, 0.2) is 11.5 Å². The molecule has 0 radical (unpaired) electrons. The van der Waals surface area contributed by atoms with Crippen LogP contribution in [0.4, 0.5) is 0 Å². The zero-order chi connectivity index (χ0) is 11.0. The maximum atomic E-state index is 10.8. The molecule has 0 spiro atoms. The summed E-state index contributed by atoms with van der Waals surface area (Å²) in [6, 6.07) is 2.78. The van der Waals surface area contributed by atoms with Crippen LogP contribution in [0.5, 0.6) is 11.5 Å². The number of halogens is 1. The Labute approximate surface area is 83.0 Å². The Bertz CT molecular complexity index is 422. The Balaban J connectivity index is 2.34. The summed E-state index contributed by atoms with van der Waals surface area (Å²) in [6.07, 6.45) is -0.838. The lowest BCUT2D eigenvalue weighted by Gasteiger charge is -2.23. The molecule has 0 amide bonds. The third kappa shape index (κ3) is 1.60. The summed E-state index contributed by atoms with van der Waals surface area (Å²) in [5.41, 5.74) is 0. The van der Waals surface area contributed by atoms with E-state index in [9.17, 15) is 4.79 Å². The molecule has 0 bridgehead atoms. The third-order valence-electron chi connectivity index (χ3n) is 1.65. The van der Waals surface area contributed by atoms with Crippen molar-refractivity contribution in [3.8, 4) is 11.5 Å². The molecule has 68 valence electrons. The summed E-state index contributed by atoms with van der Waals surface area (Å²) < 4.78 is 25.2. The summed E-state index contributed by atoms with van der Waals surface area (Å²) in [5.74, 6) is 0.645. The first-order valence-corrected chi connectivity index (χ1v) is 4.06. The number of para-hydroxylation sites is 2. The van der Waals surface area contributed by atoms with Gasteiger partial charge in [-0.05, 0) is 23.7 Å². The predicted octanol–water partition coefficient (Wildman–Crippen LogP) is 1.59. The van der Waals surface area contributed by atoms with E-state index in [4.69, 9.17) is 23.8 Å². The molecule has 1 heterocycles. The van der Waals surface area contributed by atoms with Crippen LogP contribution in [-0.2, 0) is 4.79 Å². The number of rotatable bonds is 1. The number of carbonyl (C=O) groups is 1. The minimum absolute atomic E-state index is 0.0139. The minimum atomic E-state index is -0.838. The molecule has 13 heavy (non-hydrogen) atoms. The fourth-order valence-electron chi connectivity index (χ4n) is 1.03. The van der Waals surface area contributed by atoms with Crippen LogP contribution < -0.4 is 9.47 Å². The first-order chi connectivity index (χ1) is 7.08. The van der Waals surface area contributed by atoms with Gasteiger partial charge in [0.25, 0.3) is 5.24 Å². The quantitative estimate of drug-likeness (QED) is 0.646. The van der Waals surface area contributed by atoms with Crippen LogP contribution in [0, 0.1) is 0 Å². The molecule has 1 aromatic carbocycles. The first kappa shape index (κ1) is 6.27. The van der Waals surface area contributed by atoms with Crippen molar-refractivity contribution in [2.24, 2.45) is 0 Å². The van der Waals surface area contributed by atoms with Gasteiger partial charge in [-0.25, -0.2) is 0 Å². The summed E-state index contributed by atoms with van der Waals surface area (Å²) in [6.45, 7) is 0.0338. The minimum Gasteiger partial charge on any atom is -0.485 e. The summed E-state index contributed by atoms with van der Waals surface area (Å²) >= 11 is 5.27. The highest BCUT2D eigenvalue weighted by atomic mass is 35.5. The van der Waals surface area contributed by atoms with Gasteiger partial charge in [0.05, 0.1) is 2.74 Å². The Morgan fingerprint density at radius 2 is 2.23 bits per heavy atom. The van der Waals surface area contributed by atoms with Crippen molar-refractivity contribution in [2.45, 2.75) is 6.10 Å². The molecule has 0 N–H and O–H groups in total. The first-order valence-electron chi connectivity index (χ1n) is 4.68. The Morgan fingerprint density at radius 1 is 1.54 bits per heavy atom. The van der Waals surface area contributed by atoms with Crippen LogP contribution in [0.1, 0.15) is 2.74 Å². The smallest absolute Gasteiger partial charge is 0.265 e. The van der Waals surface area contributed by atoms with Crippen molar-refractivity contribution in [2.75, 3.05) is 6.61 Å². The van der Waals surface area contributed by atoms with E-state index in [1.165, 1.54) is 12.1 Å². The van der Waals surface area contributed by atoms with E-state index in [0.717, 1.165) is 0 Å². The van der Waals surface area contributed by atoms with Gasteiger partial charge in [-0.1, -0.05) is 12.1 Å².